The minimum atomic E-state index is 0. The monoisotopic (exact) mass is 458 g/mol. The molecule has 0 amide bonds. The van der Waals surface area contributed by atoms with E-state index in [1.54, 1.807) is 11.3 Å². The number of fused-ring (bicyclic) bond motifs is 1. The third kappa shape index (κ3) is 4.91. The molecule has 1 aromatic heterocycles. The molecule has 0 saturated carbocycles. The molecule has 1 aliphatic rings. The largest absolute Gasteiger partial charge is 0.489 e. The number of aromatic nitrogens is 1. The lowest BCUT2D eigenvalue weighted by Gasteiger charge is -2.21. The summed E-state index contributed by atoms with van der Waals surface area (Å²) in [5.74, 6) is 1.45. The lowest BCUT2D eigenvalue weighted by molar-refractivity contribution is 0.306. The fourth-order valence-corrected chi connectivity index (χ4v) is 4.46. The van der Waals surface area contributed by atoms with Gasteiger partial charge >= 0.3 is 0 Å². The molecule has 7 heteroatoms. The van der Waals surface area contributed by atoms with Gasteiger partial charge in [-0.15, -0.1) is 17.0 Å². The first kappa shape index (κ1) is 20.4. The Hall–Kier alpha value is -2.38. The number of nitrogens with zero attached hydrogens (tertiary/aromatic N) is 2. The number of aryl methyl sites for hydroxylation is 1. The summed E-state index contributed by atoms with van der Waals surface area (Å²) < 4.78 is 5.88. The maximum Gasteiger partial charge on any atom is 0.212 e. The first-order valence-corrected chi connectivity index (χ1v) is 9.84. The molecule has 4 rings (SSSR count). The summed E-state index contributed by atoms with van der Waals surface area (Å²) >= 11 is 1.59. The third-order valence-electron chi connectivity index (χ3n) is 4.75. The molecule has 5 nitrogen and oxygen atoms in total. The molecule has 1 heterocycles. The molecule has 1 atom stereocenters. The Morgan fingerprint density at radius 2 is 1.86 bits per heavy atom. The van der Waals surface area contributed by atoms with Crippen molar-refractivity contribution in [1.82, 2.24) is 4.98 Å². The Balaban J connectivity index is 0.00000225. The van der Waals surface area contributed by atoms with Gasteiger partial charge in [-0.05, 0) is 48.4 Å². The van der Waals surface area contributed by atoms with E-state index in [0.29, 0.717) is 17.7 Å². The molecule has 0 bridgehead atoms. The Bertz CT molecular complexity index is 937. The number of halogens is 1. The Kier molecular flexibility index (Phi) is 6.70. The lowest BCUT2D eigenvalue weighted by atomic mass is 9.85. The molecule has 0 spiro atoms. The molecule has 4 N–H and O–H groups in total. The average Bonchev–Trinajstić information content (AvgIpc) is 3.08. The molecule has 0 unspecified atom stereocenters. The molecule has 1 aliphatic carbocycles. The number of hydrogen-bond donors (Lipinski definition) is 2. The van der Waals surface area contributed by atoms with Crippen LogP contribution in [0.25, 0.3) is 0 Å². The SMILES string of the molecule is Br.NC(N)=Nc1nc2c(s1)C[C@H](c1ccc(OCc3ccccc3)cc1)CC2. The van der Waals surface area contributed by atoms with E-state index in [-0.39, 0.29) is 22.9 Å². The molecule has 0 radical (unpaired) electrons. The standard InChI is InChI=1S/C21H22N4OS.BrH/c22-20(23)25-21-24-18-11-8-16(12-19(18)27-21)15-6-9-17(10-7-15)26-13-14-4-2-1-3-5-14;/h1-7,9-10,16H,8,11-13H2,(H4,22,23,24,25);1H/t16-;/m1./s1. The second kappa shape index (κ2) is 9.21. The quantitative estimate of drug-likeness (QED) is 0.435. The van der Waals surface area contributed by atoms with Crippen LogP contribution in [0.2, 0.25) is 0 Å². The molecule has 0 saturated heterocycles. The fourth-order valence-electron chi connectivity index (χ4n) is 3.38. The van der Waals surface area contributed by atoms with Crippen molar-refractivity contribution in [3.05, 3.63) is 76.3 Å². The van der Waals surface area contributed by atoms with Crippen molar-refractivity contribution in [3.8, 4) is 5.75 Å². The summed E-state index contributed by atoms with van der Waals surface area (Å²) in [6.45, 7) is 0.585. The summed E-state index contributed by atoms with van der Waals surface area (Å²) in [5, 5.41) is 0.658. The number of rotatable bonds is 5. The molecule has 3 aromatic rings. The average molecular weight is 459 g/mol. The topological polar surface area (TPSA) is 86.5 Å². The first-order valence-electron chi connectivity index (χ1n) is 9.02. The van der Waals surface area contributed by atoms with Crippen LogP contribution in [0.15, 0.2) is 59.6 Å². The van der Waals surface area contributed by atoms with Crippen LogP contribution < -0.4 is 16.2 Å². The summed E-state index contributed by atoms with van der Waals surface area (Å²) in [4.78, 5) is 9.91. The summed E-state index contributed by atoms with van der Waals surface area (Å²) in [6, 6.07) is 18.7. The lowest BCUT2D eigenvalue weighted by Crippen LogP contribution is -2.21. The normalized spacial score (nSPS) is 15.2. The highest BCUT2D eigenvalue weighted by Gasteiger charge is 2.23. The summed E-state index contributed by atoms with van der Waals surface area (Å²) in [5.41, 5.74) is 14.6. The number of benzene rings is 2. The van der Waals surface area contributed by atoms with E-state index in [4.69, 9.17) is 16.2 Å². The van der Waals surface area contributed by atoms with Crippen molar-refractivity contribution in [1.29, 1.82) is 0 Å². The highest BCUT2D eigenvalue weighted by atomic mass is 79.9. The predicted molar refractivity (Wildman–Crippen MR) is 120 cm³/mol. The van der Waals surface area contributed by atoms with Gasteiger partial charge in [0.25, 0.3) is 0 Å². The van der Waals surface area contributed by atoms with Gasteiger partial charge in [0.15, 0.2) is 5.96 Å². The van der Waals surface area contributed by atoms with Crippen molar-refractivity contribution >= 4 is 39.4 Å². The van der Waals surface area contributed by atoms with E-state index >= 15 is 0 Å². The van der Waals surface area contributed by atoms with Crippen LogP contribution in [0.4, 0.5) is 5.13 Å². The number of guanidine groups is 1. The smallest absolute Gasteiger partial charge is 0.212 e. The molecular weight excluding hydrogens is 436 g/mol. The maximum absolute atomic E-state index is 5.88. The van der Waals surface area contributed by atoms with E-state index in [1.165, 1.54) is 16.0 Å². The molecule has 2 aromatic carbocycles. The fraction of sp³-hybridized carbons (Fsp3) is 0.238. The number of nitrogens with two attached hydrogens (primary N) is 2. The summed E-state index contributed by atoms with van der Waals surface area (Å²) in [6.07, 6.45) is 3.03. The van der Waals surface area contributed by atoms with Gasteiger partial charge in [-0.2, -0.15) is 4.99 Å². The van der Waals surface area contributed by atoms with Crippen LogP contribution in [0.1, 0.15) is 34.0 Å². The zero-order chi connectivity index (χ0) is 18.6. The number of ether oxygens (including phenoxy) is 1. The minimum absolute atomic E-state index is 0. The van der Waals surface area contributed by atoms with Crippen LogP contribution in [0, 0.1) is 0 Å². The number of thiazole rings is 1. The van der Waals surface area contributed by atoms with Gasteiger partial charge in [-0.25, -0.2) is 4.98 Å². The Labute approximate surface area is 179 Å². The minimum Gasteiger partial charge on any atom is -0.489 e. The highest BCUT2D eigenvalue weighted by molar-refractivity contribution is 8.93. The van der Waals surface area contributed by atoms with Crippen molar-refractivity contribution in [2.75, 3.05) is 0 Å². The first-order chi connectivity index (χ1) is 13.2. The van der Waals surface area contributed by atoms with Crippen molar-refractivity contribution in [2.24, 2.45) is 16.5 Å². The van der Waals surface area contributed by atoms with E-state index in [0.717, 1.165) is 30.7 Å². The second-order valence-electron chi connectivity index (χ2n) is 6.69. The Morgan fingerprint density at radius 3 is 2.57 bits per heavy atom. The maximum atomic E-state index is 5.88. The van der Waals surface area contributed by atoms with E-state index in [1.807, 2.05) is 18.2 Å². The zero-order valence-electron chi connectivity index (χ0n) is 15.4. The van der Waals surface area contributed by atoms with Crippen LogP contribution in [-0.4, -0.2) is 10.9 Å². The highest BCUT2D eigenvalue weighted by Crippen LogP contribution is 2.38. The van der Waals surface area contributed by atoms with Gasteiger partial charge in [0, 0.05) is 4.88 Å². The van der Waals surface area contributed by atoms with Gasteiger partial charge in [0.1, 0.15) is 12.4 Å². The predicted octanol–water partition coefficient (Wildman–Crippen LogP) is 4.48. The van der Waals surface area contributed by atoms with Crippen molar-refractivity contribution < 1.29 is 4.74 Å². The summed E-state index contributed by atoms with van der Waals surface area (Å²) in [7, 11) is 0. The van der Waals surface area contributed by atoms with Crippen molar-refractivity contribution in [2.45, 2.75) is 31.8 Å². The van der Waals surface area contributed by atoms with E-state index < -0.39 is 0 Å². The zero-order valence-corrected chi connectivity index (χ0v) is 17.9. The van der Waals surface area contributed by atoms with Crippen LogP contribution in [-0.2, 0) is 19.4 Å². The second-order valence-corrected chi connectivity index (χ2v) is 7.75. The molecule has 146 valence electrons. The van der Waals surface area contributed by atoms with Crippen LogP contribution in [0.5, 0.6) is 5.75 Å². The van der Waals surface area contributed by atoms with Gasteiger partial charge < -0.3 is 16.2 Å². The molecular formula is C21H23BrN4OS. The third-order valence-corrected chi connectivity index (χ3v) is 5.77. The van der Waals surface area contributed by atoms with Crippen LogP contribution in [0.3, 0.4) is 0 Å². The number of hydrogen-bond acceptors (Lipinski definition) is 4. The molecule has 28 heavy (non-hydrogen) atoms. The van der Waals surface area contributed by atoms with Gasteiger partial charge in [0.2, 0.25) is 5.13 Å². The Morgan fingerprint density at radius 1 is 1.11 bits per heavy atom. The van der Waals surface area contributed by atoms with E-state index in [9.17, 15) is 0 Å². The van der Waals surface area contributed by atoms with Gasteiger partial charge in [-0.3, -0.25) is 0 Å². The van der Waals surface area contributed by atoms with Gasteiger partial charge in [-0.1, -0.05) is 53.8 Å². The van der Waals surface area contributed by atoms with E-state index in [2.05, 4.69) is 46.4 Å². The number of aliphatic imine (C=N–C) groups is 1. The van der Waals surface area contributed by atoms with Crippen molar-refractivity contribution in [3.63, 3.8) is 0 Å². The van der Waals surface area contributed by atoms with Crippen LogP contribution >= 0.6 is 28.3 Å². The molecule has 0 aliphatic heterocycles. The molecule has 0 fully saturated rings. The van der Waals surface area contributed by atoms with Gasteiger partial charge in [0.05, 0.1) is 5.69 Å².